The maximum atomic E-state index is 12.4. The number of nitrogens with zero attached hydrogens (tertiary/aromatic N) is 2. The molecule has 0 spiro atoms. The third-order valence-electron chi connectivity index (χ3n) is 3.17. The zero-order valence-electron chi connectivity index (χ0n) is 11.8. The van der Waals surface area contributed by atoms with E-state index in [0.717, 1.165) is 11.1 Å². The summed E-state index contributed by atoms with van der Waals surface area (Å²) in [4.78, 5) is 16.5. The van der Waals surface area contributed by atoms with Crippen LogP contribution in [0.1, 0.15) is 15.9 Å². The molecular formula is C16H13ClN4O. The van der Waals surface area contributed by atoms with Crippen LogP contribution in [0, 0.1) is 6.92 Å². The van der Waals surface area contributed by atoms with Crippen molar-refractivity contribution in [2.24, 2.45) is 0 Å². The van der Waals surface area contributed by atoms with Crippen LogP contribution in [0.3, 0.4) is 0 Å². The van der Waals surface area contributed by atoms with Gasteiger partial charge in [0.15, 0.2) is 0 Å². The lowest BCUT2D eigenvalue weighted by Crippen LogP contribution is -2.13. The normalized spacial score (nSPS) is 10.5. The predicted molar refractivity (Wildman–Crippen MR) is 86.0 cm³/mol. The maximum absolute atomic E-state index is 12.4. The molecule has 6 heteroatoms. The van der Waals surface area contributed by atoms with Gasteiger partial charge in [0.2, 0.25) is 0 Å². The van der Waals surface area contributed by atoms with Crippen LogP contribution in [0.15, 0.2) is 48.8 Å². The van der Waals surface area contributed by atoms with Crippen molar-refractivity contribution in [3.63, 3.8) is 0 Å². The molecule has 2 heterocycles. The molecule has 0 radical (unpaired) electrons. The van der Waals surface area contributed by atoms with E-state index in [1.807, 2.05) is 25.1 Å². The molecule has 0 atom stereocenters. The van der Waals surface area contributed by atoms with E-state index in [9.17, 15) is 4.79 Å². The SMILES string of the molecule is Cc1ccc(NC(=O)c2cn[nH]c2-c2ccc(Cl)cc2)nc1. The molecule has 3 aromatic rings. The number of benzene rings is 1. The van der Waals surface area contributed by atoms with Crippen molar-refractivity contribution >= 4 is 23.3 Å². The molecule has 0 aliphatic rings. The van der Waals surface area contributed by atoms with Crippen LogP contribution in [0.2, 0.25) is 5.02 Å². The van der Waals surface area contributed by atoms with E-state index < -0.39 is 0 Å². The van der Waals surface area contributed by atoms with E-state index in [1.165, 1.54) is 6.20 Å². The number of aromatic nitrogens is 3. The number of aryl methyl sites for hydroxylation is 1. The quantitative estimate of drug-likeness (QED) is 0.775. The molecule has 0 aliphatic carbocycles. The highest BCUT2D eigenvalue weighted by Gasteiger charge is 2.15. The Morgan fingerprint density at radius 3 is 2.59 bits per heavy atom. The first-order chi connectivity index (χ1) is 10.6. The van der Waals surface area contributed by atoms with Gasteiger partial charge in [-0.05, 0) is 30.7 Å². The third-order valence-corrected chi connectivity index (χ3v) is 3.42. The van der Waals surface area contributed by atoms with Crippen LogP contribution < -0.4 is 5.32 Å². The van der Waals surface area contributed by atoms with Crippen molar-refractivity contribution in [1.82, 2.24) is 15.2 Å². The topological polar surface area (TPSA) is 70.7 Å². The second-order valence-electron chi connectivity index (χ2n) is 4.84. The Labute approximate surface area is 132 Å². The van der Waals surface area contributed by atoms with E-state index in [1.54, 1.807) is 24.4 Å². The van der Waals surface area contributed by atoms with E-state index in [2.05, 4.69) is 20.5 Å². The number of halogens is 1. The van der Waals surface area contributed by atoms with E-state index in [4.69, 9.17) is 11.6 Å². The number of rotatable bonds is 3. The average molecular weight is 313 g/mol. The molecule has 3 rings (SSSR count). The number of nitrogens with one attached hydrogen (secondary N) is 2. The van der Waals surface area contributed by atoms with E-state index in [-0.39, 0.29) is 5.91 Å². The van der Waals surface area contributed by atoms with Crippen LogP contribution in [0.4, 0.5) is 5.82 Å². The molecule has 0 saturated carbocycles. The maximum Gasteiger partial charge on any atom is 0.260 e. The second-order valence-corrected chi connectivity index (χ2v) is 5.28. The minimum absolute atomic E-state index is 0.268. The van der Waals surface area contributed by atoms with Gasteiger partial charge in [-0.25, -0.2) is 4.98 Å². The molecule has 2 aromatic heterocycles. The van der Waals surface area contributed by atoms with Gasteiger partial charge in [0.05, 0.1) is 17.5 Å². The molecule has 0 aliphatic heterocycles. The van der Waals surface area contributed by atoms with Gasteiger partial charge in [0.25, 0.3) is 5.91 Å². The first-order valence-corrected chi connectivity index (χ1v) is 7.04. The number of H-pyrrole nitrogens is 1. The number of amides is 1. The van der Waals surface area contributed by atoms with E-state index >= 15 is 0 Å². The second kappa shape index (κ2) is 5.99. The highest BCUT2D eigenvalue weighted by molar-refractivity contribution is 6.30. The largest absolute Gasteiger partial charge is 0.306 e. The lowest BCUT2D eigenvalue weighted by molar-refractivity contribution is 0.102. The van der Waals surface area contributed by atoms with Gasteiger partial charge < -0.3 is 5.32 Å². The number of hydrogen-bond acceptors (Lipinski definition) is 3. The van der Waals surface area contributed by atoms with Crippen LogP contribution in [0.5, 0.6) is 0 Å². The Morgan fingerprint density at radius 1 is 1.14 bits per heavy atom. The number of hydrogen-bond donors (Lipinski definition) is 2. The Bertz CT molecular complexity index is 794. The van der Waals surface area contributed by atoms with Gasteiger partial charge >= 0.3 is 0 Å². The van der Waals surface area contributed by atoms with Crippen molar-refractivity contribution in [3.8, 4) is 11.3 Å². The highest BCUT2D eigenvalue weighted by Crippen LogP contribution is 2.23. The third kappa shape index (κ3) is 2.99. The molecule has 0 saturated heterocycles. The molecule has 0 unspecified atom stereocenters. The van der Waals surface area contributed by atoms with E-state index in [0.29, 0.717) is 22.1 Å². The van der Waals surface area contributed by atoms with Gasteiger partial charge in [-0.3, -0.25) is 9.89 Å². The monoisotopic (exact) mass is 312 g/mol. The van der Waals surface area contributed by atoms with Crippen LogP contribution in [0.25, 0.3) is 11.3 Å². The van der Waals surface area contributed by atoms with Crippen molar-refractivity contribution in [1.29, 1.82) is 0 Å². The summed E-state index contributed by atoms with van der Waals surface area (Å²) in [6.07, 6.45) is 3.19. The summed E-state index contributed by atoms with van der Waals surface area (Å²) in [5.41, 5.74) is 2.96. The lowest BCUT2D eigenvalue weighted by Gasteiger charge is -2.05. The Balaban J connectivity index is 1.86. The van der Waals surface area contributed by atoms with Crippen molar-refractivity contribution in [2.75, 3.05) is 5.32 Å². The number of aromatic amines is 1. The molecule has 1 amide bonds. The smallest absolute Gasteiger partial charge is 0.260 e. The predicted octanol–water partition coefficient (Wildman–Crippen LogP) is 3.69. The molecule has 22 heavy (non-hydrogen) atoms. The molecule has 2 N–H and O–H groups in total. The minimum atomic E-state index is -0.268. The van der Waals surface area contributed by atoms with Crippen LogP contribution >= 0.6 is 11.6 Å². The molecular weight excluding hydrogens is 300 g/mol. The van der Waals surface area contributed by atoms with Gasteiger partial charge in [-0.2, -0.15) is 5.10 Å². The van der Waals surface area contributed by atoms with Crippen molar-refractivity contribution in [2.45, 2.75) is 6.92 Å². The molecule has 0 fully saturated rings. The van der Waals surface area contributed by atoms with Gasteiger partial charge in [0.1, 0.15) is 5.82 Å². The summed E-state index contributed by atoms with van der Waals surface area (Å²) in [6, 6.07) is 10.8. The van der Waals surface area contributed by atoms with Crippen LogP contribution in [-0.4, -0.2) is 21.1 Å². The first-order valence-electron chi connectivity index (χ1n) is 6.67. The fourth-order valence-corrected chi connectivity index (χ4v) is 2.15. The zero-order chi connectivity index (χ0) is 15.5. The summed E-state index contributed by atoms with van der Waals surface area (Å²) < 4.78 is 0. The summed E-state index contributed by atoms with van der Waals surface area (Å²) >= 11 is 5.88. The summed E-state index contributed by atoms with van der Waals surface area (Å²) in [5.74, 6) is 0.230. The minimum Gasteiger partial charge on any atom is -0.306 e. The Kier molecular flexibility index (Phi) is 3.89. The number of pyridine rings is 1. The van der Waals surface area contributed by atoms with Crippen molar-refractivity contribution < 1.29 is 4.79 Å². The molecule has 110 valence electrons. The number of anilines is 1. The van der Waals surface area contributed by atoms with Crippen LogP contribution in [-0.2, 0) is 0 Å². The fourth-order valence-electron chi connectivity index (χ4n) is 2.02. The molecule has 5 nitrogen and oxygen atoms in total. The fraction of sp³-hybridized carbons (Fsp3) is 0.0625. The van der Waals surface area contributed by atoms with Gasteiger partial charge in [0, 0.05) is 16.8 Å². The molecule has 0 bridgehead atoms. The number of carbonyl (C=O) groups excluding carboxylic acids is 1. The molecule has 1 aromatic carbocycles. The van der Waals surface area contributed by atoms with Gasteiger partial charge in [-0.1, -0.05) is 29.8 Å². The first kappa shape index (κ1) is 14.3. The zero-order valence-corrected chi connectivity index (χ0v) is 12.6. The summed E-state index contributed by atoms with van der Waals surface area (Å²) in [5, 5.41) is 10.2. The summed E-state index contributed by atoms with van der Waals surface area (Å²) in [7, 11) is 0. The Hall–Kier alpha value is -2.66. The lowest BCUT2D eigenvalue weighted by atomic mass is 10.1. The summed E-state index contributed by atoms with van der Waals surface area (Å²) in [6.45, 7) is 1.94. The highest BCUT2D eigenvalue weighted by atomic mass is 35.5. The average Bonchev–Trinajstić information content (AvgIpc) is 3.00. The number of carbonyl (C=O) groups is 1. The Morgan fingerprint density at radius 2 is 1.91 bits per heavy atom. The van der Waals surface area contributed by atoms with Crippen molar-refractivity contribution in [3.05, 3.63) is 64.9 Å². The standard InChI is InChI=1S/C16H13ClN4O/c1-10-2-7-14(18-8-10)20-16(22)13-9-19-21-15(13)11-3-5-12(17)6-4-11/h2-9H,1H3,(H,19,21)(H,18,20,22). The van der Waals surface area contributed by atoms with Gasteiger partial charge in [-0.15, -0.1) is 0 Å².